The lowest BCUT2D eigenvalue weighted by Gasteiger charge is -2.37. The molecule has 0 radical (unpaired) electrons. The molecule has 2 N–H and O–H groups in total. The first-order chi connectivity index (χ1) is 7.89. The molecule has 0 saturated heterocycles. The lowest BCUT2D eigenvalue weighted by molar-refractivity contribution is 0.166. The Morgan fingerprint density at radius 1 is 1.35 bits per heavy atom. The van der Waals surface area contributed by atoms with E-state index in [0.717, 1.165) is 12.3 Å². The third-order valence-electron chi connectivity index (χ3n) is 5.11. The molecule has 2 aliphatic carbocycles. The lowest BCUT2D eigenvalue weighted by Crippen LogP contribution is -2.38. The van der Waals surface area contributed by atoms with E-state index in [4.69, 9.17) is 5.73 Å². The molecule has 0 aromatic heterocycles. The number of sulfone groups is 1. The summed E-state index contributed by atoms with van der Waals surface area (Å²) >= 11 is 0. The van der Waals surface area contributed by atoms with Crippen LogP contribution in [0.15, 0.2) is 0 Å². The van der Waals surface area contributed by atoms with Crippen LogP contribution in [0.4, 0.5) is 0 Å². The second-order valence-electron chi connectivity index (χ2n) is 6.31. The van der Waals surface area contributed by atoms with Crippen LogP contribution in [0.2, 0.25) is 0 Å². The summed E-state index contributed by atoms with van der Waals surface area (Å²) in [6, 6.07) is 0. The van der Waals surface area contributed by atoms with Gasteiger partial charge in [0.1, 0.15) is 0 Å². The van der Waals surface area contributed by atoms with Crippen molar-refractivity contribution < 1.29 is 8.42 Å². The molecule has 2 fully saturated rings. The highest BCUT2D eigenvalue weighted by molar-refractivity contribution is 7.91. The molecule has 2 rings (SSSR count). The van der Waals surface area contributed by atoms with Crippen molar-refractivity contribution in [3.8, 4) is 0 Å². The molecule has 3 nitrogen and oxygen atoms in total. The Bertz CT molecular complexity index is 377. The van der Waals surface area contributed by atoms with Gasteiger partial charge in [0.2, 0.25) is 0 Å². The van der Waals surface area contributed by atoms with Crippen molar-refractivity contribution in [1.29, 1.82) is 0 Å². The number of fused-ring (bicyclic) bond motifs is 2. The van der Waals surface area contributed by atoms with E-state index in [0.29, 0.717) is 18.2 Å². The third-order valence-corrected chi connectivity index (χ3v) is 7.32. The Morgan fingerprint density at radius 3 is 2.47 bits per heavy atom. The summed E-state index contributed by atoms with van der Waals surface area (Å²) < 4.78 is 23.8. The minimum absolute atomic E-state index is 0.144. The highest BCUT2D eigenvalue weighted by atomic mass is 32.2. The van der Waals surface area contributed by atoms with Gasteiger partial charge in [0.15, 0.2) is 9.84 Å². The van der Waals surface area contributed by atoms with Crippen molar-refractivity contribution in [2.24, 2.45) is 23.0 Å². The minimum Gasteiger partial charge on any atom is -0.330 e. The van der Waals surface area contributed by atoms with Crippen LogP contribution < -0.4 is 5.73 Å². The highest BCUT2D eigenvalue weighted by Gasteiger charge is 2.50. The molecule has 0 aromatic rings. The van der Waals surface area contributed by atoms with Crippen molar-refractivity contribution in [3.63, 3.8) is 0 Å². The smallest absolute Gasteiger partial charge is 0.152 e. The largest absolute Gasteiger partial charge is 0.330 e. The topological polar surface area (TPSA) is 60.2 Å². The quantitative estimate of drug-likeness (QED) is 0.821. The van der Waals surface area contributed by atoms with E-state index in [1.807, 2.05) is 0 Å². The van der Waals surface area contributed by atoms with E-state index in [-0.39, 0.29) is 10.7 Å². The Balaban J connectivity index is 2.02. The molecular formula is C13H25NO2S. The summed E-state index contributed by atoms with van der Waals surface area (Å²) in [5, 5.41) is -0.254. The second kappa shape index (κ2) is 4.54. The summed E-state index contributed by atoms with van der Waals surface area (Å²) in [4.78, 5) is 0. The molecule has 0 aliphatic heterocycles. The van der Waals surface area contributed by atoms with Gasteiger partial charge in [-0.15, -0.1) is 0 Å². The van der Waals surface area contributed by atoms with E-state index >= 15 is 0 Å². The standard InChI is InChI=1S/C13H25NO2S/c1-10(2)17(15,16)6-5-13(9-14)8-11-3-4-12(13)7-11/h10-12H,3-9,14H2,1-2H3. The average Bonchev–Trinajstić information content (AvgIpc) is 2.86. The van der Waals surface area contributed by atoms with Crippen LogP contribution in [-0.4, -0.2) is 26.0 Å². The van der Waals surface area contributed by atoms with Crippen LogP contribution in [0.25, 0.3) is 0 Å². The zero-order valence-electron chi connectivity index (χ0n) is 11.0. The van der Waals surface area contributed by atoms with Gasteiger partial charge >= 0.3 is 0 Å². The minimum atomic E-state index is -2.91. The molecule has 3 unspecified atom stereocenters. The van der Waals surface area contributed by atoms with Crippen molar-refractivity contribution in [2.45, 2.75) is 51.2 Å². The normalized spacial score (nSPS) is 36.9. The zero-order chi connectivity index (χ0) is 12.7. The fourth-order valence-electron chi connectivity index (χ4n) is 3.80. The van der Waals surface area contributed by atoms with Gasteiger partial charge in [0.05, 0.1) is 11.0 Å². The number of hydrogen-bond donors (Lipinski definition) is 1. The van der Waals surface area contributed by atoms with E-state index in [1.54, 1.807) is 13.8 Å². The summed E-state index contributed by atoms with van der Waals surface area (Å²) in [6.45, 7) is 4.21. The fraction of sp³-hybridized carbons (Fsp3) is 1.00. The van der Waals surface area contributed by atoms with E-state index < -0.39 is 9.84 Å². The molecule has 0 aromatic carbocycles. The van der Waals surface area contributed by atoms with Gasteiger partial charge in [-0.05, 0) is 63.3 Å². The number of rotatable bonds is 5. The van der Waals surface area contributed by atoms with Crippen LogP contribution >= 0.6 is 0 Å². The second-order valence-corrected chi connectivity index (χ2v) is 8.99. The lowest BCUT2D eigenvalue weighted by atomic mass is 9.71. The summed E-state index contributed by atoms with van der Waals surface area (Å²) in [6.07, 6.45) is 5.85. The maximum absolute atomic E-state index is 11.9. The van der Waals surface area contributed by atoms with Crippen LogP contribution in [-0.2, 0) is 9.84 Å². The maximum atomic E-state index is 11.9. The molecule has 2 saturated carbocycles. The zero-order valence-corrected chi connectivity index (χ0v) is 11.8. The van der Waals surface area contributed by atoms with E-state index in [2.05, 4.69) is 0 Å². The predicted molar refractivity (Wildman–Crippen MR) is 70.5 cm³/mol. The first kappa shape index (κ1) is 13.3. The maximum Gasteiger partial charge on any atom is 0.152 e. The van der Waals surface area contributed by atoms with Gasteiger partial charge in [-0.2, -0.15) is 0 Å². The Hall–Kier alpha value is -0.0900. The monoisotopic (exact) mass is 259 g/mol. The van der Waals surface area contributed by atoms with Crippen molar-refractivity contribution in [3.05, 3.63) is 0 Å². The Morgan fingerprint density at radius 2 is 2.06 bits per heavy atom. The molecule has 0 heterocycles. The van der Waals surface area contributed by atoms with E-state index in [1.165, 1.54) is 25.7 Å². The summed E-state index contributed by atoms with van der Waals surface area (Å²) in [5.74, 6) is 1.84. The van der Waals surface area contributed by atoms with Crippen LogP contribution in [0.5, 0.6) is 0 Å². The van der Waals surface area contributed by atoms with Gasteiger partial charge in [-0.1, -0.05) is 6.42 Å². The van der Waals surface area contributed by atoms with Gasteiger partial charge < -0.3 is 5.73 Å². The molecule has 2 aliphatic rings. The fourth-order valence-corrected chi connectivity index (χ4v) is 4.96. The van der Waals surface area contributed by atoms with Gasteiger partial charge in [0.25, 0.3) is 0 Å². The highest BCUT2D eigenvalue weighted by Crippen LogP contribution is 2.57. The van der Waals surface area contributed by atoms with E-state index in [9.17, 15) is 8.42 Å². The van der Waals surface area contributed by atoms with Crippen LogP contribution in [0.1, 0.15) is 46.0 Å². The SMILES string of the molecule is CC(C)S(=O)(=O)CCC1(CN)CC2CCC1C2. The van der Waals surface area contributed by atoms with Gasteiger partial charge in [-0.3, -0.25) is 0 Å². The summed E-state index contributed by atoms with van der Waals surface area (Å²) in [7, 11) is -2.91. The first-order valence-electron chi connectivity index (χ1n) is 6.81. The number of hydrogen-bond acceptors (Lipinski definition) is 3. The third kappa shape index (κ3) is 2.39. The average molecular weight is 259 g/mol. The molecule has 17 heavy (non-hydrogen) atoms. The van der Waals surface area contributed by atoms with Gasteiger partial charge in [-0.25, -0.2) is 8.42 Å². The Labute approximate surface area is 105 Å². The molecule has 2 bridgehead atoms. The molecule has 100 valence electrons. The molecule has 3 atom stereocenters. The van der Waals surface area contributed by atoms with Crippen molar-refractivity contribution in [2.75, 3.05) is 12.3 Å². The van der Waals surface area contributed by atoms with Crippen LogP contribution in [0, 0.1) is 17.3 Å². The van der Waals surface area contributed by atoms with Crippen LogP contribution in [0.3, 0.4) is 0 Å². The summed E-state index contributed by atoms with van der Waals surface area (Å²) in [5.41, 5.74) is 6.11. The van der Waals surface area contributed by atoms with Crippen molar-refractivity contribution >= 4 is 9.84 Å². The first-order valence-corrected chi connectivity index (χ1v) is 8.53. The van der Waals surface area contributed by atoms with Gasteiger partial charge in [0, 0.05) is 0 Å². The molecular weight excluding hydrogens is 234 g/mol. The molecule has 0 amide bonds. The number of nitrogens with two attached hydrogens (primary N) is 1. The molecule has 4 heteroatoms. The van der Waals surface area contributed by atoms with Crippen molar-refractivity contribution in [1.82, 2.24) is 0 Å². The predicted octanol–water partition coefficient (Wildman–Crippen LogP) is 1.96. The Kier molecular flexibility index (Phi) is 3.56. The molecule has 0 spiro atoms.